The lowest BCUT2D eigenvalue weighted by Gasteiger charge is -2.12. The van der Waals surface area contributed by atoms with Gasteiger partial charge in [-0.3, -0.25) is 0 Å². The first-order valence-corrected chi connectivity index (χ1v) is 13.1. The van der Waals surface area contributed by atoms with E-state index < -0.39 is 0 Å². The Morgan fingerprint density at radius 3 is 2.31 bits per heavy atom. The first-order valence-electron chi connectivity index (χ1n) is 13.1. The summed E-state index contributed by atoms with van der Waals surface area (Å²) in [4.78, 5) is 0. The van der Waals surface area contributed by atoms with Gasteiger partial charge in [-0.25, -0.2) is 4.39 Å². The van der Waals surface area contributed by atoms with Gasteiger partial charge >= 0.3 is 0 Å². The molecule has 0 saturated carbocycles. The summed E-state index contributed by atoms with van der Waals surface area (Å²) in [7, 11) is 0. The van der Waals surface area contributed by atoms with Crippen molar-refractivity contribution in [2.45, 2.75) is 58.5 Å². The number of allylic oxidation sites excluding steroid dienone is 1. The zero-order valence-electron chi connectivity index (χ0n) is 21.7. The summed E-state index contributed by atoms with van der Waals surface area (Å²) < 4.78 is 26.3. The van der Waals surface area contributed by atoms with Gasteiger partial charge < -0.3 is 9.47 Å². The van der Waals surface area contributed by atoms with Gasteiger partial charge in [-0.15, -0.1) is 0 Å². The maximum Gasteiger partial charge on any atom is 0.131 e. The molecular weight excluding hydrogens is 447 g/mol. The molecule has 3 rings (SSSR count). The third-order valence-corrected chi connectivity index (χ3v) is 6.19. The van der Waals surface area contributed by atoms with Crippen molar-refractivity contribution >= 4 is 6.08 Å². The number of hydrogen-bond donors (Lipinski definition) is 0. The van der Waals surface area contributed by atoms with E-state index in [1.807, 2.05) is 48.5 Å². The maximum atomic E-state index is 14.9. The van der Waals surface area contributed by atoms with Crippen molar-refractivity contribution in [3.05, 3.63) is 96.8 Å². The molecule has 0 N–H and O–H groups in total. The Morgan fingerprint density at radius 1 is 0.889 bits per heavy atom. The van der Waals surface area contributed by atoms with Crippen molar-refractivity contribution in [3.8, 4) is 28.0 Å². The molecule has 0 amide bonds. The number of unbranched alkanes of at least 4 members (excludes halogenated alkanes) is 3. The van der Waals surface area contributed by atoms with Gasteiger partial charge in [0.2, 0.25) is 0 Å². The average molecular weight is 487 g/mol. The summed E-state index contributed by atoms with van der Waals surface area (Å²) >= 11 is 0. The molecule has 0 fully saturated rings. The van der Waals surface area contributed by atoms with Gasteiger partial charge in [0.05, 0.1) is 6.10 Å². The van der Waals surface area contributed by atoms with E-state index in [4.69, 9.17) is 9.47 Å². The van der Waals surface area contributed by atoms with Crippen molar-refractivity contribution in [1.82, 2.24) is 0 Å². The van der Waals surface area contributed by atoms with Crippen LogP contribution in [0.3, 0.4) is 0 Å². The molecular formula is C33H39FO2. The van der Waals surface area contributed by atoms with Crippen LogP contribution in [-0.4, -0.2) is 19.3 Å². The molecule has 36 heavy (non-hydrogen) atoms. The van der Waals surface area contributed by atoms with Gasteiger partial charge in [0, 0.05) is 12.2 Å². The lowest BCUT2D eigenvalue weighted by atomic mass is 9.99. The standard InChI is InChI=1S/C33H39FO2/c1-4-6-10-24-35-26(3)11-8-7-9-12-27-13-15-28(16-14-27)30-19-22-32(33(34)25-30)29-17-20-31(21-18-29)36-23-5-2/h5,9,12-22,25-26H,2,4,6-8,10-11,23-24H2,1,3H3/b12-9+. The van der Waals surface area contributed by atoms with E-state index in [0.717, 1.165) is 60.3 Å². The van der Waals surface area contributed by atoms with Crippen LogP contribution < -0.4 is 4.74 Å². The molecule has 3 aromatic carbocycles. The fourth-order valence-corrected chi connectivity index (χ4v) is 4.06. The first kappa shape index (κ1) is 27.4. The van der Waals surface area contributed by atoms with Crippen LogP contribution in [0.1, 0.15) is 57.9 Å². The molecule has 0 saturated heterocycles. The Hall–Kier alpha value is -3.17. The minimum absolute atomic E-state index is 0.236. The Bertz CT molecular complexity index is 1080. The molecule has 3 aromatic rings. The van der Waals surface area contributed by atoms with E-state index >= 15 is 0 Å². The predicted octanol–water partition coefficient (Wildman–Crippen LogP) is 9.50. The predicted molar refractivity (Wildman–Crippen MR) is 151 cm³/mol. The smallest absolute Gasteiger partial charge is 0.131 e. The highest BCUT2D eigenvalue weighted by Crippen LogP contribution is 2.29. The topological polar surface area (TPSA) is 18.5 Å². The number of benzene rings is 3. The highest BCUT2D eigenvalue weighted by molar-refractivity contribution is 5.72. The van der Waals surface area contributed by atoms with Gasteiger partial charge in [0.1, 0.15) is 18.2 Å². The van der Waals surface area contributed by atoms with E-state index in [9.17, 15) is 4.39 Å². The molecule has 0 aliphatic heterocycles. The Morgan fingerprint density at radius 2 is 1.61 bits per heavy atom. The van der Waals surface area contributed by atoms with Crippen molar-refractivity contribution in [2.75, 3.05) is 13.2 Å². The molecule has 3 heteroatoms. The molecule has 0 aliphatic rings. The number of rotatable bonds is 15. The van der Waals surface area contributed by atoms with E-state index in [1.165, 1.54) is 12.8 Å². The lowest BCUT2D eigenvalue weighted by molar-refractivity contribution is 0.0566. The first-order chi connectivity index (χ1) is 17.6. The summed E-state index contributed by atoms with van der Waals surface area (Å²) in [6, 6.07) is 21.1. The normalized spacial score (nSPS) is 12.1. The van der Waals surface area contributed by atoms with Crippen molar-refractivity contribution in [3.63, 3.8) is 0 Å². The molecule has 2 nitrogen and oxygen atoms in total. The minimum atomic E-state index is -0.236. The van der Waals surface area contributed by atoms with Gasteiger partial charge in [0.15, 0.2) is 0 Å². The minimum Gasteiger partial charge on any atom is -0.490 e. The molecule has 1 unspecified atom stereocenters. The summed E-state index contributed by atoms with van der Waals surface area (Å²) in [6.45, 7) is 9.35. The van der Waals surface area contributed by atoms with Crippen LogP contribution in [0.15, 0.2) is 85.5 Å². The molecule has 1 atom stereocenters. The third-order valence-electron chi connectivity index (χ3n) is 6.19. The van der Waals surface area contributed by atoms with E-state index in [0.29, 0.717) is 18.3 Å². The summed E-state index contributed by atoms with van der Waals surface area (Å²) in [5.41, 5.74) is 4.42. The van der Waals surface area contributed by atoms with Crippen LogP contribution >= 0.6 is 0 Å². The second kappa shape index (κ2) is 15.1. The molecule has 0 spiro atoms. The van der Waals surface area contributed by atoms with E-state index in [1.54, 1.807) is 12.1 Å². The van der Waals surface area contributed by atoms with Crippen LogP contribution in [0.4, 0.5) is 4.39 Å². The molecule has 0 radical (unpaired) electrons. The van der Waals surface area contributed by atoms with Crippen molar-refractivity contribution in [2.24, 2.45) is 0 Å². The zero-order chi connectivity index (χ0) is 25.6. The molecule has 0 heterocycles. The van der Waals surface area contributed by atoms with Crippen LogP contribution in [0.5, 0.6) is 5.75 Å². The quantitative estimate of drug-likeness (QED) is 0.157. The van der Waals surface area contributed by atoms with Gasteiger partial charge in [-0.2, -0.15) is 0 Å². The number of halogens is 1. The largest absolute Gasteiger partial charge is 0.490 e. The third kappa shape index (κ3) is 8.80. The fourth-order valence-electron chi connectivity index (χ4n) is 4.06. The Labute approximate surface area is 216 Å². The van der Waals surface area contributed by atoms with Crippen LogP contribution in [0.2, 0.25) is 0 Å². The van der Waals surface area contributed by atoms with Gasteiger partial charge in [-0.1, -0.05) is 93.1 Å². The SMILES string of the molecule is C=CCOc1ccc(-c2ccc(-c3ccc(/C=C/CCCC(C)OCCCCC)cc3)cc2F)cc1. The maximum absolute atomic E-state index is 14.9. The second-order valence-corrected chi connectivity index (χ2v) is 9.16. The van der Waals surface area contributed by atoms with E-state index in [-0.39, 0.29) is 5.82 Å². The number of hydrogen-bond acceptors (Lipinski definition) is 2. The Kier molecular flexibility index (Phi) is 11.5. The summed E-state index contributed by atoms with van der Waals surface area (Å²) in [5, 5.41) is 0. The second-order valence-electron chi connectivity index (χ2n) is 9.16. The lowest BCUT2D eigenvalue weighted by Crippen LogP contribution is -2.08. The fraction of sp³-hybridized carbons (Fsp3) is 0.333. The van der Waals surface area contributed by atoms with Gasteiger partial charge in [-0.05, 0) is 73.1 Å². The number of ether oxygens (including phenoxy) is 2. The van der Waals surface area contributed by atoms with Crippen LogP contribution in [0, 0.1) is 5.82 Å². The van der Waals surface area contributed by atoms with Gasteiger partial charge in [0.25, 0.3) is 0 Å². The monoisotopic (exact) mass is 486 g/mol. The molecule has 190 valence electrons. The highest BCUT2D eigenvalue weighted by Gasteiger charge is 2.08. The van der Waals surface area contributed by atoms with E-state index in [2.05, 4.69) is 44.7 Å². The summed E-state index contributed by atoms with van der Waals surface area (Å²) in [5.74, 6) is 0.506. The molecule has 0 aliphatic carbocycles. The molecule has 0 bridgehead atoms. The zero-order valence-corrected chi connectivity index (χ0v) is 21.7. The van der Waals surface area contributed by atoms with Crippen molar-refractivity contribution in [1.29, 1.82) is 0 Å². The average Bonchev–Trinajstić information content (AvgIpc) is 2.90. The van der Waals surface area contributed by atoms with Crippen LogP contribution in [-0.2, 0) is 4.74 Å². The van der Waals surface area contributed by atoms with Crippen molar-refractivity contribution < 1.29 is 13.9 Å². The van der Waals surface area contributed by atoms with Crippen LogP contribution in [0.25, 0.3) is 28.3 Å². The molecule has 0 aromatic heterocycles. The Balaban J connectivity index is 1.50. The highest BCUT2D eigenvalue weighted by atomic mass is 19.1. The summed E-state index contributed by atoms with van der Waals surface area (Å²) in [6.07, 6.45) is 13.3.